The molecule has 4 nitrogen and oxygen atoms in total. The lowest BCUT2D eigenvalue weighted by molar-refractivity contribution is -0.113. The van der Waals surface area contributed by atoms with Crippen molar-refractivity contribution in [2.75, 3.05) is 11.1 Å². The highest BCUT2D eigenvalue weighted by molar-refractivity contribution is 9.10. The van der Waals surface area contributed by atoms with E-state index in [1.54, 1.807) is 6.20 Å². The highest BCUT2D eigenvalue weighted by Gasteiger charge is 2.25. The lowest BCUT2D eigenvalue weighted by Gasteiger charge is -2.07. The first-order chi connectivity index (χ1) is 9.72. The maximum absolute atomic E-state index is 11.9. The van der Waals surface area contributed by atoms with E-state index in [-0.39, 0.29) is 5.91 Å². The third-order valence-corrected chi connectivity index (χ3v) is 4.54. The largest absolute Gasteiger partial charge is 0.325 e. The average Bonchev–Trinajstić information content (AvgIpc) is 3.18. The van der Waals surface area contributed by atoms with Crippen molar-refractivity contribution in [3.05, 3.63) is 41.1 Å². The number of hydrogen-bond acceptors (Lipinski definition) is 3. The number of rotatable bonds is 5. The van der Waals surface area contributed by atoms with E-state index in [2.05, 4.69) is 30.8 Å². The van der Waals surface area contributed by atoms with Crippen LogP contribution in [-0.2, 0) is 4.79 Å². The fraction of sp³-hybridized carbons (Fsp3) is 0.286. The molecule has 1 aliphatic rings. The van der Waals surface area contributed by atoms with Crippen molar-refractivity contribution in [2.45, 2.75) is 24.0 Å². The second kappa shape index (κ2) is 6.01. The molecule has 20 heavy (non-hydrogen) atoms. The zero-order chi connectivity index (χ0) is 13.9. The lowest BCUT2D eigenvalue weighted by Crippen LogP contribution is -2.14. The van der Waals surface area contributed by atoms with Crippen LogP contribution in [-0.4, -0.2) is 21.2 Å². The van der Waals surface area contributed by atoms with Crippen LogP contribution in [0, 0.1) is 0 Å². The van der Waals surface area contributed by atoms with Gasteiger partial charge in [0.1, 0.15) is 0 Å². The van der Waals surface area contributed by atoms with Crippen LogP contribution in [0.4, 0.5) is 5.69 Å². The molecule has 2 aromatic rings. The summed E-state index contributed by atoms with van der Waals surface area (Å²) in [5.41, 5.74) is 0.810. The number of carbonyl (C=O) groups is 1. The molecule has 3 rings (SSSR count). The van der Waals surface area contributed by atoms with E-state index in [9.17, 15) is 4.79 Å². The number of nitrogens with one attached hydrogen (secondary N) is 1. The van der Waals surface area contributed by atoms with Gasteiger partial charge in [0.15, 0.2) is 5.16 Å². The van der Waals surface area contributed by atoms with Gasteiger partial charge in [0.05, 0.1) is 5.75 Å². The Labute approximate surface area is 130 Å². The van der Waals surface area contributed by atoms with E-state index in [4.69, 9.17) is 0 Å². The van der Waals surface area contributed by atoms with E-state index in [1.165, 1.54) is 24.6 Å². The van der Waals surface area contributed by atoms with Crippen molar-refractivity contribution in [1.82, 2.24) is 9.55 Å². The smallest absolute Gasteiger partial charge is 0.234 e. The van der Waals surface area contributed by atoms with Gasteiger partial charge in [-0.3, -0.25) is 4.79 Å². The predicted molar refractivity (Wildman–Crippen MR) is 84.0 cm³/mol. The second-order valence-electron chi connectivity index (χ2n) is 4.69. The molecule has 0 spiro atoms. The molecule has 1 fully saturated rings. The Bertz CT molecular complexity index is 607. The summed E-state index contributed by atoms with van der Waals surface area (Å²) in [5.74, 6) is 0.363. The van der Waals surface area contributed by atoms with Gasteiger partial charge in [-0.15, -0.1) is 0 Å². The summed E-state index contributed by atoms with van der Waals surface area (Å²) >= 11 is 4.85. The highest BCUT2D eigenvalue weighted by Crippen LogP contribution is 2.37. The van der Waals surface area contributed by atoms with Gasteiger partial charge in [-0.05, 0) is 37.1 Å². The molecule has 0 atom stereocenters. The highest BCUT2D eigenvalue weighted by atomic mass is 79.9. The van der Waals surface area contributed by atoms with Crippen LogP contribution in [0.1, 0.15) is 18.9 Å². The van der Waals surface area contributed by atoms with Gasteiger partial charge in [0.2, 0.25) is 5.91 Å². The molecule has 1 aromatic carbocycles. The molecule has 1 N–H and O–H groups in total. The van der Waals surface area contributed by atoms with Gasteiger partial charge >= 0.3 is 0 Å². The fourth-order valence-electron chi connectivity index (χ4n) is 1.90. The SMILES string of the molecule is O=C(CSc1nccn1C1CC1)Nc1ccc(Br)cc1. The first kappa shape index (κ1) is 13.7. The van der Waals surface area contributed by atoms with E-state index < -0.39 is 0 Å². The number of nitrogens with zero attached hydrogens (tertiary/aromatic N) is 2. The summed E-state index contributed by atoms with van der Waals surface area (Å²) in [5, 5.41) is 3.81. The summed E-state index contributed by atoms with van der Waals surface area (Å²) in [6, 6.07) is 8.15. The summed E-state index contributed by atoms with van der Waals surface area (Å²) in [6.07, 6.45) is 6.23. The Hall–Kier alpha value is -1.27. The molecule has 0 saturated heterocycles. The van der Waals surface area contributed by atoms with Gasteiger partial charge in [-0.1, -0.05) is 27.7 Å². The molecule has 0 aliphatic heterocycles. The third-order valence-electron chi connectivity index (χ3n) is 3.03. The molecular weight excluding hydrogens is 338 g/mol. The number of hydrogen-bond donors (Lipinski definition) is 1. The molecule has 6 heteroatoms. The van der Waals surface area contributed by atoms with Gasteiger partial charge in [0, 0.05) is 28.6 Å². The number of imidazole rings is 1. The number of carbonyl (C=O) groups excluding carboxylic acids is 1. The minimum absolute atomic E-state index is 0.0114. The zero-order valence-corrected chi connectivity index (χ0v) is 13.2. The van der Waals surface area contributed by atoms with Gasteiger partial charge in [-0.2, -0.15) is 0 Å². The van der Waals surface area contributed by atoms with Crippen molar-refractivity contribution in [3.8, 4) is 0 Å². The van der Waals surface area contributed by atoms with Crippen LogP contribution in [0.5, 0.6) is 0 Å². The molecule has 1 aromatic heterocycles. The number of halogens is 1. The maximum Gasteiger partial charge on any atom is 0.234 e. The van der Waals surface area contributed by atoms with Crippen molar-refractivity contribution in [1.29, 1.82) is 0 Å². The number of anilines is 1. The predicted octanol–water partition coefficient (Wildman–Crippen LogP) is 3.71. The number of benzene rings is 1. The number of amides is 1. The Morgan fingerprint density at radius 3 is 2.85 bits per heavy atom. The molecule has 1 heterocycles. The standard InChI is InChI=1S/C14H14BrN3OS/c15-10-1-3-11(4-2-10)17-13(19)9-20-14-16-7-8-18(14)12-5-6-12/h1-4,7-8,12H,5-6,9H2,(H,17,19). The first-order valence-corrected chi connectivity index (χ1v) is 8.21. The molecule has 0 bridgehead atoms. The molecule has 1 amide bonds. The van der Waals surface area contributed by atoms with E-state index in [0.717, 1.165) is 15.3 Å². The molecule has 0 radical (unpaired) electrons. The topological polar surface area (TPSA) is 46.9 Å². The van der Waals surface area contributed by atoms with E-state index in [1.807, 2.05) is 30.5 Å². The van der Waals surface area contributed by atoms with Crippen molar-refractivity contribution >= 4 is 39.3 Å². The normalized spacial score (nSPS) is 14.2. The minimum atomic E-state index is -0.0114. The summed E-state index contributed by atoms with van der Waals surface area (Å²) in [6.45, 7) is 0. The van der Waals surface area contributed by atoms with Gasteiger partial charge in [-0.25, -0.2) is 4.98 Å². The van der Waals surface area contributed by atoms with Gasteiger partial charge < -0.3 is 9.88 Å². The summed E-state index contributed by atoms with van der Waals surface area (Å²) in [4.78, 5) is 16.2. The van der Waals surface area contributed by atoms with Crippen LogP contribution in [0.25, 0.3) is 0 Å². The number of thioether (sulfide) groups is 1. The maximum atomic E-state index is 11.9. The van der Waals surface area contributed by atoms with Crippen LogP contribution < -0.4 is 5.32 Å². The van der Waals surface area contributed by atoms with Crippen molar-refractivity contribution < 1.29 is 4.79 Å². The molecule has 1 saturated carbocycles. The summed E-state index contributed by atoms with van der Waals surface area (Å²) in [7, 11) is 0. The monoisotopic (exact) mass is 351 g/mol. The molecule has 1 aliphatic carbocycles. The zero-order valence-electron chi connectivity index (χ0n) is 10.8. The van der Waals surface area contributed by atoms with Crippen molar-refractivity contribution in [3.63, 3.8) is 0 Å². The van der Waals surface area contributed by atoms with Crippen LogP contribution in [0.2, 0.25) is 0 Å². The summed E-state index contributed by atoms with van der Waals surface area (Å²) < 4.78 is 3.16. The van der Waals surface area contributed by atoms with E-state index in [0.29, 0.717) is 11.8 Å². The average molecular weight is 352 g/mol. The molecule has 0 unspecified atom stereocenters. The third kappa shape index (κ3) is 3.43. The molecule has 104 valence electrons. The second-order valence-corrected chi connectivity index (χ2v) is 6.55. The Morgan fingerprint density at radius 2 is 2.15 bits per heavy atom. The molecular formula is C14H14BrN3OS. The number of aromatic nitrogens is 2. The van der Waals surface area contributed by atoms with Gasteiger partial charge in [0.25, 0.3) is 0 Å². The minimum Gasteiger partial charge on any atom is -0.325 e. The van der Waals surface area contributed by atoms with Crippen LogP contribution in [0.15, 0.2) is 46.3 Å². The van der Waals surface area contributed by atoms with E-state index >= 15 is 0 Å². The Kier molecular flexibility index (Phi) is 4.12. The lowest BCUT2D eigenvalue weighted by atomic mass is 10.3. The van der Waals surface area contributed by atoms with Crippen LogP contribution >= 0.6 is 27.7 Å². The Balaban J connectivity index is 1.54. The Morgan fingerprint density at radius 1 is 1.40 bits per heavy atom. The quantitative estimate of drug-likeness (QED) is 0.835. The first-order valence-electron chi connectivity index (χ1n) is 6.43. The van der Waals surface area contributed by atoms with Crippen LogP contribution in [0.3, 0.4) is 0 Å². The fourth-order valence-corrected chi connectivity index (χ4v) is 2.99. The van der Waals surface area contributed by atoms with Crippen molar-refractivity contribution in [2.24, 2.45) is 0 Å².